The molecule has 3 heteroatoms. The fourth-order valence-corrected chi connectivity index (χ4v) is 2.79. The van der Waals surface area contributed by atoms with Crippen LogP contribution in [0.5, 0.6) is 0 Å². The first-order valence-electron chi connectivity index (χ1n) is 8.27. The number of hydrogen-bond donors (Lipinski definition) is 1. The van der Waals surface area contributed by atoms with Crippen LogP contribution in [-0.4, -0.2) is 5.91 Å². The molecule has 1 heterocycles. The van der Waals surface area contributed by atoms with Crippen molar-refractivity contribution in [2.45, 2.75) is 19.9 Å². The highest BCUT2D eigenvalue weighted by Gasteiger charge is 2.17. The zero-order valence-electron chi connectivity index (χ0n) is 14.4. The Kier molecular flexibility index (Phi) is 5.14. The lowest BCUT2D eigenvalue weighted by molar-refractivity contribution is -0.116. The maximum atomic E-state index is 12.5. The first-order chi connectivity index (χ1) is 12.1. The molecular formula is C22H21NO2. The number of nitrogens with one attached hydrogen (secondary N) is 1. The predicted octanol–water partition coefficient (Wildman–Crippen LogP) is 4.82. The maximum absolute atomic E-state index is 12.5. The van der Waals surface area contributed by atoms with Gasteiger partial charge in [0.25, 0.3) is 0 Å². The molecule has 1 aromatic heterocycles. The van der Waals surface area contributed by atoms with Crippen molar-refractivity contribution in [3.05, 3.63) is 101 Å². The second-order valence-electron chi connectivity index (χ2n) is 6.06. The molecule has 0 radical (unpaired) electrons. The van der Waals surface area contributed by atoms with Gasteiger partial charge in [-0.3, -0.25) is 4.79 Å². The largest absolute Gasteiger partial charge is 0.465 e. The summed E-state index contributed by atoms with van der Waals surface area (Å²) in [6.45, 7) is 4.12. The molecule has 0 aliphatic heterocycles. The van der Waals surface area contributed by atoms with Crippen molar-refractivity contribution in [2.24, 2.45) is 0 Å². The molecule has 1 amide bonds. The standard InChI is InChI=1S/C22H21NO2/c1-16-10-11-17(2)20(15-16)22(18-7-4-3-5-8-18)23-21(24)13-12-19-9-6-14-25-19/h3-15,22H,1-2H3,(H,23,24)/b13-12+/t22-/m0/s1. The number of furan rings is 1. The number of benzene rings is 2. The SMILES string of the molecule is Cc1ccc(C)c([C@@H](NC(=O)/C=C/c2ccco2)c2ccccc2)c1. The van der Waals surface area contributed by atoms with E-state index in [-0.39, 0.29) is 11.9 Å². The molecule has 0 aliphatic carbocycles. The predicted molar refractivity (Wildman–Crippen MR) is 100 cm³/mol. The van der Waals surface area contributed by atoms with Crippen molar-refractivity contribution in [3.8, 4) is 0 Å². The second kappa shape index (κ2) is 7.67. The molecule has 0 spiro atoms. The van der Waals surface area contributed by atoms with Crippen molar-refractivity contribution in [1.82, 2.24) is 5.32 Å². The van der Waals surface area contributed by atoms with Crippen LogP contribution in [-0.2, 0) is 4.79 Å². The topological polar surface area (TPSA) is 42.2 Å². The van der Waals surface area contributed by atoms with E-state index in [2.05, 4.69) is 37.4 Å². The van der Waals surface area contributed by atoms with E-state index >= 15 is 0 Å². The van der Waals surface area contributed by atoms with Crippen LogP contribution in [0.4, 0.5) is 0 Å². The lowest BCUT2D eigenvalue weighted by atomic mass is 9.93. The maximum Gasteiger partial charge on any atom is 0.244 e. The summed E-state index contributed by atoms with van der Waals surface area (Å²) in [4.78, 5) is 12.5. The van der Waals surface area contributed by atoms with Gasteiger partial charge in [-0.1, -0.05) is 54.1 Å². The van der Waals surface area contributed by atoms with E-state index in [4.69, 9.17) is 4.42 Å². The number of aryl methyl sites for hydroxylation is 2. The fourth-order valence-electron chi connectivity index (χ4n) is 2.79. The summed E-state index contributed by atoms with van der Waals surface area (Å²) in [5.74, 6) is 0.490. The van der Waals surface area contributed by atoms with Crippen molar-refractivity contribution in [3.63, 3.8) is 0 Å². The van der Waals surface area contributed by atoms with Gasteiger partial charge in [0.1, 0.15) is 5.76 Å². The highest BCUT2D eigenvalue weighted by atomic mass is 16.3. The van der Waals surface area contributed by atoms with Crippen molar-refractivity contribution >= 4 is 12.0 Å². The number of rotatable bonds is 5. The minimum Gasteiger partial charge on any atom is -0.465 e. The van der Waals surface area contributed by atoms with Crippen LogP contribution >= 0.6 is 0 Å². The summed E-state index contributed by atoms with van der Waals surface area (Å²) in [6, 6.07) is 19.7. The number of carbonyl (C=O) groups excluding carboxylic acids is 1. The molecule has 0 bridgehead atoms. The van der Waals surface area contributed by atoms with Gasteiger partial charge in [0.15, 0.2) is 0 Å². The number of hydrogen-bond acceptors (Lipinski definition) is 2. The normalized spacial score (nSPS) is 12.2. The summed E-state index contributed by atoms with van der Waals surface area (Å²) >= 11 is 0. The van der Waals surface area contributed by atoms with Gasteiger partial charge in [-0.2, -0.15) is 0 Å². The minimum absolute atomic E-state index is 0.161. The highest BCUT2D eigenvalue weighted by molar-refractivity contribution is 5.92. The van der Waals surface area contributed by atoms with Gasteiger partial charge in [0.2, 0.25) is 5.91 Å². The summed E-state index contributed by atoms with van der Waals surface area (Å²) in [5.41, 5.74) is 4.47. The van der Waals surface area contributed by atoms with E-state index in [1.54, 1.807) is 18.4 Å². The average molecular weight is 331 g/mol. The Labute approximate surface area is 148 Å². The van der Waals surface area contributed by atoms with Crippen molar-refractivity contribution in [2.75, 3.05) is 0 Å². The first-order valence-corrected chi connectivity index (χ1v) is 8.27. The molecule has 3 nitrogen and oxygen atoms in total. The summed E-state index contributed by atoms with van der Waals surface area (Å²) in [7, 11) is 0. The fraction of sp³-hybridized carbons (Fsp3) is 0.136. The van der Waals surface area contributed by atoms with Gasteiger partial charge >= 0.3 is 0 Å². The second-order valence-corrected chi connectivity index (χ2v) is 6.06. The Bertz CT molecular complexity index is 864. The molecule has 126 valence electrons. The van der Waals surface area contributed by atoms with Crippen molar-refractivity contribution < 1.29 is 9.21 Å². The lowest BCUT2D eigenvalue weighted by Gasteiger charge is -2.21. The smallest absolute Gasteiger partial charge is 0.244 e. The quantitative estimate of drug-likeness (QED) is 0.681. The van der Waals surface area contributed by atoms with Gasteiger partial charge in [-0.05, 0) is 48.7 Å². The first kappa shape index (κ1) is 16.8. The Balaban J connectivity index is 1.89. The highest BCUT2D eigenvalue weighted by Crippen LogP contribution is 2.26. The Morgan fingerprint density at radius 3 is 2.56 bits per heavy atom. The molecule has 0 saturated heterocycles. The molecule has 3 rings (SSSR count). The monoisotopic (exact) mass is 331 g/mol. The Morgan fingerprint density at radius 2 is 1.84 bits per heavy atom. The Morgan fingerprint density at radius 1 is 1.04 bits per heavy atom. The molecule has 3 aromatic rings. The third kappa shape index (κ3) is 4.27. The zero-order valence-corrected chi connectivity index (χ0v) is 14.4. The summed E-state index contributed by atoms with van der Waals surface area (Å²) in [6.07, 6.45) is 4.75. The van der Waals surface area contributed by atoms with E-state index in [1.807, 2.05) is 36.4 Å². The van der Waals surface area contributed by atoms with Crippen LogP contribution in [0.25, 0.3) is 6.08 Å². The molecule has 0 unspecified atom stereocenters. The van der Waals surface area contributed by atoms with Gasteiger partial charge in [-0.25, -0.2) is 0 Å². The summed E-state index contributed by atoms with van der Waals surface area (Å²) < 4.78 is 5.23. The van der Waals surface area contributed by atoms with Gasteiger partial charge < -0.3 is 9.73 Å². The summed E-state index contributed by atoms with van der Waals surface area (Å²) in [5, 5.41) is 3.11. The molecule has 1 N–H and O–H groups in total. The van der Waals surface area contributed by atoms with E-state index in [9.17, 15) is 4.79 Å². The number of carbonyl (C=O) groups is 1. The third-order valence-electron chi connectivity index (χ3n) is 4.11. The third-order valence-corrected chi connectivity index (χ3v) is 4.11. The molecule has 0 saturated carbocycles. The molecule has 25 heavy (non-hydrogen) atoms. The van der Waals surface area contributed by atoms with E-state index < -0.39 is 0 Å². The van der Waals surface area contributed by atoms with Crippen LogP contribution in [0.15, 0.2) is 77.4 Å². The molecule has 0 aliphatic rings. The van der Waals surface area contributed by atoms with Crippen LogP contribution in [0.3, 0.4) is 0 Å². The van der Waals surface area contributed by atoms with Crippen LogP contribution in [0.2, 0.25) is 0 Å². The zero-order chi connectivity index (χ0) is 17.6. The minimum atomic E-state index is -0.199. The Hall–Kier alpha value is -3.07. The molecule has 2 aromatic carbocycles. The molecular weight excluding hydrogens is 310 g/mol. The van der Waals surface area contributed by atoms with Crippen LogP contribution in [0, 0.1) is 13.8 Å². The van der Waals surface area contributed by atoms with Crippen molar-refractivity contribution in [1.29, 1.82) is 0 Å². The van der Waals surface area contributed by atoms with Gasteiger partial charge in [-0.15, -0.1) is 0 Å². The number of amides is 1. The van der Waals surface area contributed by atoms with E-state index in [1.165, 1.54) is 11.6 Å². The lowest BCUT2D eigenvalue weighted by Crippen LogP contribution is -2.28. The molecule has 0 fully saturated rings. The van der Waals surface area contributed by atoms with Crippen LogP contribution < -0.4 is 5.32 Å². The van der Waals surface area contributed by atoms with E-state index in [0.29, 0.717) is 5.76 Å². The van der Waals surface area contributed by atoms with E-state index in [0.717, 1.165) is 16.7 Å². The molecule has 1 atom stereocenters. The average Bonchev–Trinajstić information content (AvgIpc) is 3.14. The van der Waals surface area contributed by atoms with Crippen LogP contribution in [0.1, 0.15) is 34.1 Å². The van der Waals surface area contributed by atoms with Gasteiger partial charge in [0.05, 0.1) is 12.3 Å². The van der Waals surface area contributed by atoms with Gasteiger partial charge in [0, 0.05) is 6.08 Å².